The number of ether oxygens (including phenoxy) is 1. The normalized spacial score (nSPS) is 30.2. The lowest BCUT2D eigenvalue weighted by Gasteiger charge is -2.24. The van der Waals surface area contributed by atoms with E-state index in [2.05, 4.69) is 12.2 Å². The predicted molar refractivity (Wildman–Crippen MR) is 58.4 cm³/mol. The van der Waals surface area contributed by atoms with Crippen molar-refractivity contribution in [2.45, 2.75) is 51.6 Å². The van der Waals surface area contributed by atoms with Gasteiger partial charge in [-0.2, -0.15) is 0 Å². The molecule has 2 heteroatoms. The average molecular weight is 197 g/mol. The van der Waals surface area contributed by atoms with Crippen LogP contribution in [0.4, 0.5) is 0 Å². The average Bonchev–Trinajstić information content (AvgIpc) is 3.00. The van der Waals surface area contributed by atoms with Crippen LogP contribution in [0.3, 0.4) is 0 Å². The summed E-state index contributed by atoms with van der Waals surface area (Å²) in [5.74, 6) is 0. The highest BCUT2D eigenvalue weighted by atomic mass is 16.5. The molecular formula is C12H23NO. The molecule has 0 aromatic carbocycles. The third kappa shape index (κ3) is 2.71. The van der Waals surface area contributed by atoms with Crippen molar-refractivity contribution >= 4 is 0 Å². The van der Waals surface area contributed by atoms with Gasteiger partial charge in [0.15, 0.2) is 0 Å². The lowest BCUT2D eigenvalue weighted by molar-refractivity contribution is 0.0163. The van der Waals surface area contributed by atoms with E-state index in [1.165, 1.54) is 45.1 Å². The topological polar surface area (TPSA) is 21.3 Å². The number of nitrogens with one attached hydrogen (secondary N) is 1. The van der Waals surface area contributed by atoms with Gasteiger partial charge in [0, 0.05) is 19.7 Å². The van der Waals surface area contributed by atoms with Gasteiger partial charge < -0.3 is 10.1 Å². The first-order valence-electron chi connectivity index (χ1n) is 6.17. The van der Waals surface area contributed by atoms with Crippen molar-refractivity contribution in [1.29, 1.82) is 0 Å². The molecule has 0 aromatic rings. The fourth-order valence-electron chi connectivity index (χ4n) is 2.30. The van der Waals surface area contributed by atoms with E-state index in [4.69, 9.17) is 4.74 Å². The Morgan fingerprint density at radius 1 is 1.36 bits per heavy atom. The minimum atomic E-state index is 0.497. The van der Waals surface area contributed by atoms with E-state index in [1.807, 2.05) is 0 Å². The summed E-state index contributed by atoms with van der Waals surface area (Å²) in [4.78, 5) is 0. The maximum atomic E-state index is 5.68. The van der Waals surface area contributed by atoms with Crippen LogP contribution in [0.5, 0.6) is 0 Å². The van der Waals surface area contributed by atoms with Crippen LogP contribution in [0, 0.1) is 5.41 Å². The van der Waals surface area contributed by atoms with Crippen LogP contribution in [0.25, 0.3) is 0 Å². The molecule has 0 radical (unpaired) electrons. The molecule has 1 aliphatic carbocycles. The van der Waals surface area contributed by atoms with Gasteiger partial charge in [-0.15, -0.1) is 0 Å². The standard InChI is InChI=1S/C12H23NO/c1-2-12(6-7-12)10-13-9-11-5-3-4-8-14-11/h11,13H,2-10H2,1H3. The lowest BCUT2D eigenvalue weighted by Crippen LogP contribution is -2.34. The summed E-state index contributed by atoms with van der Waals surface area (Å²) in [6, 6.07) is 0. The second kappa shape index (κ2) is 4.63. The zero-order chi connectivity index (χ0) is 9.86. The molecule has 0 aromatic heterocycles. The summed E-state index contributed by atoms with van der Waals surface area (Å²) < 4.78 is 5.68. The first-order valence-corrected chi connectivity index (χ1v) is 6.17. The third-order valence-electron chi connectivity index (χ3n) is 3.85. The van der Waals surface area contributed by atoms with Gasteiger partial charge in [-0.05, 0) is 43.9 Å². The molecule has 1 saturated heterocycles. The molecule has 2 aliphatic rings. The third-order valence-corrected chi connectivity index (χ3v) is 3.85. The Bertz CT molecular complexity index is 171. The summed E-state index contributed by atoms with van der Waals surface area (Å²) in [5.41, 5.74) is 0.675. The Labute approximate surface area is 87.4 Å². The van der Waals surface area contributed by atoms with Crippen molar-refractivity contribution in [1.82, 2.24) is 5.32 Å². The van der Waals surface area contributed by atoms with Gasteiger partial charge in [-0.25, -0.2) is 0 Å². The van der Waals surface area contributed by atoms with Crippen LogP contribution < -0.4 is 5.32 Å². The molecule has 82 valence electrons. The van der Waals surface area contributed by atoms with Crippen molar-refractivity contribution in [2.24, 2.45) is 5.41 Å². The maximum absolute atomic E-state index is 5.68. The number of hydrogen-bond acceptors (Lipinski definition) is 2. The van der Waals surface area contributed by atoms with Crippen molar-refractivity contribution < 1.29 is 4.74 Å². The van der Waals surface area contributed by atoms with Crippen molar-refractivity contribution in [3.05, 3.63) is 0 Å². The Morgan fingerprint density at radius 3 is 2.79 bits per heavy atom. The largest absolute Gasteiger partial charge is 0.377 e. The van der Waals surface area contributed by atoms with Gasteiger partial charge in [0.2, 0.25) is 0 Å². The van der Waals surface area contributed by atoms with Crippen LogP contribution in [0.2, 0.25) is 0 Å². The summed E-state index contributed by atoms with van der Waals surface area (Å²) in [5, 5.41) is 3.58. The van der Waals surface area contributed by atoms with Crippen molar-refractivity contribution in [3.8, 4) is 0 Å². The smallest absolute Gasteiger partial charge is 0.0699 e. The SMILES string of the molecule is CCC1(CNCC2CCCCO2)CC1. The van der Waals surface area contributed by atoms with Crippen LogP contribution >= 0.6 is 0 Å². The van der Waals surface area contributed by atoms with Gasteiger partial charge in [0.1, 0.15) is 0 Å². The molecule has 2 rings (SSSR count). The van der Waals surface area contributed by atoms with E-state index in [1.54, 1.807) is 0 Å². The first-order chi connectivity index (χ1) is 6.85. The van der Waals surface area contributed by atoms with Crippen LogP contribution in [-0.4, -0.2) is 25.8 Å². The minimum Gasteiger partial charge on any atom is -0.377 e. The molecule has 0 bridgehead atoms. The van der Waals surface area contributed by atoms with E-state index in [0.717, 1.165) is 13.2 Å². The van der Waals surface area contributed by atoms with Gasteiger partial charge in [-0.3, -0.25) is 0 Å². The van der Waals surface area contributed by atoms with Gasteiger partial charge >= 0.3 is 0 Å². The molecule has 1 unspecified atom stereocenters. The summed E-state index contributed by atoms with van der Waals surface area (Å²) in [7, 11) is 0. The maximum Gasteiger partial charge on any atom is 0.0699 e. The summed E-state index contributed by atoms with van der Waals surface area (Å²) in [6.45, 7) is 5.57. The second-order valence-corrected chi connectivity index (χ2v) is 4.97. The van der Waals surface area contributed by atoms with E-state index >= 15 is 0 Å². The number of rotatable bonds is 5. The molecule has 0 spiro atoms. The van der Waals surface area contributed by atoms with Gasteiger partial charge in [-0.1, -0.05) is 6.92 Å². The minimum absolute atomic E-state index is 0.497. The van der Waals surface area contributed by atoms with E-state index in [0.29, 0.717) is 11.5 Å². The van der Waals surface area contributed by atoms with E-state index < -0.39 is 0 Å². The molecule has 14 heavy (non-hydrogen) atoms. The van der Waals surface area contributed by atoms with E-state index in [-0.39, 0.29) is 0 Å². The van der Waals surface area contributed by atoms with Crippen molar-refractivity contribution in [3.63, 3.8) is 0 Å². The van der Waals surface area contributed by atoms with Crippen LogP contribution in [-0.2, 0) is 4.74 Å². The summed E-state index contributed by atoms with van der Waals surface area (Å²) in [6.07, 6.45) is 8.57. The predicted octanol–water partition coefficient (Wildman–Crippen LogP) is 2.34. The Hall–Kier alpha value is -0.0800. The molecule has 1 N–H and O–H groups in total. The molecule has 1 heterocycles. The Kier molecular flexibility index (Phi) is 3.45. The fourth-order valence-corrected chi connectivity index (χ4v) is 2.30. The zero-order valence-electron chi connectivity index (χ0n) is 9.35. The molecular weight excluding hydrogens is 174 g/mol. The molecule has 1 saturated carbocycles. The van der Waals surface area contributed by atoms with Gasteiger partial charge in [0.05, 0.1) is 6.10 Å². The number of hydrogen-bond donors (Lipinski definition) is 1. The Balaban J connectivity index is 1.58. The summed E-state index contributed by atoms with van der Waals surface area (Å²) >= 11 is 0. The van der Waals surface area contributed by atoms with Crippen molar-refractivity contribution in [2.75, 3.05) is 19.7 Å². The highest BCUT2D eigenvalue weighted by Gasteiger charge is 2.39. The van der Waals surface area contributed by atoms with E-state index in [9.17, 15) is 0 Å². The second-order valence-electron chi connectivity index (χ2n) is 4.97. The molecule has 2 fully saturated rings. The molecule has 2 nitrogen and oxygen atoms in total. The monoisotopic (exact) mass is 197 g/mol. The van der Waals surface area contributed by atoms with Crippen LogP contribution in [0.15, 0.2) is 0 Å². The molecule has 1 aliphatic heterocycles. The molecule has 1 atom stereocenters. The molecule has 0 amide bonds. The quantitative estimate of drug-likeness (QED) is 0.730. The lowest BCUT2D eigenvalue weighted by atomic mass is 10.0. The highest BCUT2D eigenvalue weighted by Crippen LogP contribution is 2.47. The van der Waals surface area contributed by atoms with Gasteiger partial charge in [0.25, 0.3) is 0 Å². The first kappa shape index (κ1) is 10.4. The van der Waals surface area contributed by atoms with Crippen LogP contribution in [0.1, 0.15) is 45.4 Å². The zero-order valence-corrected chi connectivity index (χ0v) is 9.35. The fraction of sp³-hybridized carbons (Fsp3) is 1.00. The highest BCUT2D eigenvalue weighted by molar-refractivity contribution is 4.93. The Morgan fingerprint density at radius 2 is 2.21 bits per heavy atom.